The highest BCUT2D eigenvalue weighted by molar-refractivity contribution is 5.92. The molecule has 0 aliphatic carbocycles. The third-order valence-corrected chi connectivity index (χ3v) is 3.48. The summed E-state index contributed by atoms with van der Waals surface area (Å²) in [5.74, 6) is 1.00. The quantitative estimate of drug-likeness (QED) is 0.835. The average Bonchev–Trinajstić information content (AvgIpc) is 2.95. The normalized spacial score (nSPS) is 18.7. The van der Waals surface area contributed by atoms with Gasteiger partial charge in [-0.15, -0.1) is 0 Å². The largest absolute Gasteiger partial charge is 0.493 e. The number of carbonyl (C=O) groups is 1. The minimum atomic E-state index is -0.00717. The minimum absolute atomic E-state index is 0.00717. The second-order valence-corrected chi connectivity index (χ2v) is 4.93. The van der Waals surface area contributed by atoms with Crippen molar-refractivity contribution in [2.24, 2.45) is 5.92 Å². The van der Waals surface area contributed by atoms with Gasteiger partial charge in [-0.1, -0.05) is 18.2 Å². The van der Waals surface area contributed by atoms with E-state index in [0.29, 0.717) is 13.2 Å². The number of rotatable bonds is 5. The van der Waals surface area contributed by atoms with Crippen molar-refractivity contribution in [1.29, 1.82) is 0 Å². The molecule has 0 bridgehead atoms. The maximum Gasteiger partial charge on any atom is 0.246 e. The SMILES string of the molecule is CCOc1ccccc1C=CC(=O)N1CCC(CO)C1. The number of amides is 1. The number of aliphatic hydroxyl groups is 1. The Morgan fingerprint density at radius 1 is 1.50 bits per heavy atom. The fourth-order valence-electron chi connectivity index (χ4n) is 2.35. The van der Waals surface area contributed by atoms with Gasteiger partial charge in [-0.3, -0.25) is 4.79 Å². The Labute approximate surface area is 119 Å². The first-order valence-corrected chi connectivity index (χ1v) is 7.04. The van der Waals surface area contributed by atoms with Crippen molar-refractivity contribution < 1.29 is 14.6 Å². The fourth-order valence-corrected chi connectivity index (χ4v) is 2.35. The first-order valence-electron chi connectivity index (χ1n) is 7.04. The summed E-state index contributed by atoms with van der Waals surface area (Å²) in [6.07, 6.45) is 4.25. The second-order valence-electron chi connectivity index (χ2n) is 4.93. The van der Waals surface area contributed by atoms with Gasteiger partial charge in [0.1, 0.15) is 5.75 Å². The topological polar surface area (TPSA) is 49.8 Å². The van der Waals surface area contributed by atoms with E-state index in [2.05, 4.69) is 0 Å². The molecule has 1 aromatic carbocycles. The molecule has 1 aliphatic rings. The van der Waals surface area contributed by atoms with E-state index in [1.54, 1.807) is 17.1 Å². The molecule has 0 aromatic heterocycles. The third-order valence-electron chi connectivity index (χ3n) is 3.48. The number of hydrogen-bond donors (Lipinski definition) is 1. The Balaban J connectivity index is 2.00. The summed E-state index contributed by atoms with van der Waals surface area (Å²) < 4.78 is 5.52. The Morgan fingerprint density at radius 3 is 3.00 bits per heavy atom. The van der Waals surface area contributed by atoms with Crippen molar-refractivity contribution >= 4 is 12.0 Å². The Hall–Kier alpha value is -1.81. The molecule has 1 unspecified atom stereocenters. The zero-order valence-electron chi connectivity index (χ0n) is 11.8. The average molecular weight is 275 g/mol. The lowest BCUT2D eigenvalue weighted by atomic mass is 10.1. The second kappa shape index (κ2) is 7.10. The molecule has 0 radical (unpaired) electrons. The summed E-state index contributed by atoms with van der Waals surface area (Å²) in [4.78, 5) is 13.8. The van der Waals surface area contributed by atoms with Crippen LogP contribution in [0, 0.1) is 5.92 Å². The zero-order valence-corrected chi connectivity index (χ0v) is 11.8. The first-order chi connectivity index (χ1) is 9.74. The predicted octanol–water partition coefficient (Wildman–Crippen LogP) is 1.94. The molecular formula is C16H21NO3. The van der Waals surface area contributed by atoms with Crippen LogP contribution in [-0.4, -0.2) is 42.2 Å². The van der Waals surface area contributed by atoms with E-state index < -0.39 is 0 Å². The van der Waals surface area contributed by atoms with Crippen LogP contribution >= 0.6 is 0 Å². The number of hydrogen-bond acceptors (Lipinski definition) is 3. The summed E-state index contributed by atoms with van der Waals surface area (Å²) >= 11 is 0. The molecule has 1 fully saturated rings. The van der Waals surface area contributed by atoms with Crippen LogP contribution < -0.4 is 4.74 Å². The molecule has 108 valence electrons. The van der Waals surface area contributed by atoms with E-state index in [1.165, 1.54) is 0 Å². The van der Waals surface area contributed by atoms with Gasteiger partial charge in [-0.05, 0) is 25.5 Å². The number of ether oxygens (including phenoxy) is 1. The number of para-hydroxylation sites is 1. The Bertz CT molecular complexity index is 484. The molecule has 1 aromatic rings. The number of benzene rings is 1. The first kappa shape index (κ1) is 14.6. The highest BCUT2D eigenvalue weighted by Gasteiger charge is 2.24. The van der Waals surface area contributed by atoms with Gasteiger partial charge in [-0.2, -0.15) is 0 Å². The molecule has 4 nitrogen and oxygen atoms in total. The monoisotopic (exact) mass is 275 g/mol. The smallest absolute Gasteiger partial charge is 0.246 e. The Kier molecular flexibility index (Phi) is 5.18. The van der Waals surface area contributed by atoms with Gasteiger partial charge in [0.2, 0.25) is 5.91 Å². The van der Waals surface area contributed by atoms with E-state index in [4.69, 9.17) is 9.84 Å². The minimum Gasteiger partial charge on any atom is -0.493 e. The van der Waals surface area contributed by atoms with Crippen molar-refractivity contribution in [3.63, 3.8) is 0 Å². The van der Waals surface area contributed by atoms with Gasteiger partial charge < -0.3 is 14.7 Å². The van der Waals surface area contributed by atoms with Gasteiger partial charge in [-0.25, -0.2) is 0 Å². The number of likely N-dealkylation sites (tertiary alicyclic amines) is 1. The summed E-state index contributed by atoms with van der Waals surface area (Å²) in [7, 11) is 0. The van der Waals surface area contributed by atoms with E-state index in [0.717, 1.165) is 24.3 Å². The molecular weight excluding hydrogens is 254 g/mol. The summed E-state index contributed by atoms with van der Waals surface area (Å²) in [6.45, 7) is 4.06. The standard InChI is InChI=1S/C16H21NO3/c1-2-20-15-6-4-3-5-14(15)7-8-16(19)17-10-9-13(11-17)12-18/h3-8,13,18H,2,9-12H2,1H3. The molecule has 4 heteroatoms. The van der Waals surface area contributed by atoms with Crippen LogP contribution in [0.5, 0.6) is 5.75 Å². The highest BCUT2D eigenvalue weighted by Crippen LogP contribution is 2.20. The van der Waals surface area contributed by atoms with Crippen LogP contribution in [0.1, 0.15) is 18.9 Å². The van der Waals surface area contributed by atoms with Crippen molar-refractivity contribution in [2.75, 3.05) is 26.3 Å². The molecule has 1 saturated heterocycles. The van der Waals surface area contributed by atoms with Crippen LogP contribution in [-0.2, 0) is 4.79 Å². The molecule has 1 amide bonds. The number of nitrogens with zero attached hydrogens (tertiary/aromatic N) is 1. The van der Waals surface area contributed by atoms with Gasteiger partial charge in [0, 0.05) is 37.3 Å². The third kappa shape index (κ3) is 3.61. The molecule has 0 saturated carbocycles. The van der Waals surface area contributed by atoms with Crippen LogP contribution in [0.2, 0.25) is 0 Å². The highest BCUT2D eigenvalue weighted by atomic mass is 16.5. The molecule has 0 spiro atoms. The van der Waals surface area contributed by atoms with Crippen molar-refractivity contribution in [3.05, 3.63) is 35.9 Å². The van der Waals surface area contributed by atoms with Crippen molar-refractivity contribution in [2.45, 2.75) is 13.3 Å². The molecule has 1 aliphatic heterocycles. The molecule has 1 atom stereocenters. The van der Waals surface area contributed by atoms with E-state index >= 15 is 0 Å². The lowest BCUT2D eigenvalue weighted by Gasteiger charge is -2.13. The molecule has 1 N–H and O–H groups in total. The Morgan fingerprint density at radius 2 is 2.30 bits per heavy atom. The van der Waals surface area contributed by atoms with Gasteiger partial charge in [0.05, 0.1) is 6.61 Å². The zero-order chi connectivity index (χ0) is 14.4. The summed E-state index contributed by atoms with van der Waals surface area (Å²) in [5.41, 5.74) is 0.903. The number of aliphatic hydroxyl groups excluding tert-OH is 1. The number of carbonyl (C=O) groups excluding carboxylic acids is 1. The van der Waals surface area contributed by atoms with Crippen LogP contribution in [0.3, 0.4) is 0 Å². The van der Waals surface area contributed by atoms with E-state index in [1.807, 2.05) is 31.2 Å². The lowest BCUT2D eigenvalue weighted by Crippen LogP contribution is -2.27. The predicted molar refractivity (Wildman–Crippen MR) is 78.4 cm³/mol. The lowest BCUT2D eigenvalue weighted by molar-refractivity contribution is -0.125. The van der Waals surface area contributed by atoms with Gasteiger partial charge in [0.15, 0.2) is 0 Å². The van der Waals surface area contributed by atoms with E-state index in [9.17, 15) is 4.79 Å². The maximum atomic E-state index is 12.1. The van der Waals surface area contributed by atoms with Crippen LogP contribution in [0.4, 0.5) is 0 Å². The van der Waals surface area contributed by atoms with E-state index in [-0.39, 0.29) is 18.4 Å². The fraction of sp³-hybridized carbons (Fsp3) is 0.438. The van der Waals surface area contributed by atoms with Crippen molar-refractivity contribution in [1.82, 2.24) is 4.90 Å². The van der Waals surface area contributed by atoms with Crippen LogP contribution in [0.25, 0.3) is 6.08 Å². The molecule has 20 heavy (non-hydrogen) atoms. The maximum absolute atomic E-state index is 12.1. The van der Waals surface area contributed by atoms with Gasteiger partial charge >= 0.3 is 0 Å². The van der Waals surface area contributed by atoms with Crippen molar-refractivity contribution in [3.8, 4) is 5.75 Å². The molecule has 2 rings (SSSR count). The van der Waals surface area contributed by atoms with Gasteiger partial charge in [0.25, 0.3) is 0 Å². The summed E-state index contributed by atoms with van der Waals surface area (Å²) in [6, 6.07) is 7.65. The molecule has 1 heterocycles. The van der Waals surface area contributed by atoms with Crippen LogP contribution in [0.15, 0.2) is 30.3 Å². The summed E-state index contributed by atoms with van der Waals surface area (Å²) in [5, 5.41) is 9.10.